The van der Waals surface area contributed by atoms with Crippen molar-refractivity contribution in [3.8, 4) is 11.4 Å². The maximum atomic E-state index is 12.4. The quantitative estimate of drug-likeness (QED) is 0.619. The summed E-state index contributed by atoms with van der Waals surface area (Å²) >= 11 is 0. The van der Waals surface area contributed by atoms with Crippen molar-refractivity contribution in [2.45, 2.75) is 13.1 Å². The number of nitrogens with zero attached hydrogens (tertiary/aromatic N) is 3. The molecule has 0 aliphatic carbocycles. The van der Waals surface area contributed by atoms with Gasteiger partial charge in [-0.15, -0.1) is 0 Å². The summed E-state index contributed by atoms with van der Waals surface area (Å²) in [5.41, 5.74) is 1.86. The molecule has 1 heterocycles. The molecule has 8 heteroatoms. The normalized spacial score (nSPS) is 12.2. The lowest BCUT2D eigenvalue weighted by atomic mass is 10.1. The van der Waals surface area contributed by atoms with E-state index in [1.54, 1.807) is 25.1 Å². The van der Waals surface area contributed by atoms with Crippen molar-refractivity contribution in [1.29, 1.82) is 0 Å². The van der Waals surface area contributed by atoms with Gasteiger partial charge in [0, 0.05) is 11.8 Å². The zero-order valence-electron chi connectivity index (χ0n) is 9.77. The molecule has 0 aliphatic heterocycles. The van der Waals surface area contributed by atoms with Gasteiger partial charge in [0.15, 0.2) is 0 Å². The van der Waals surface area contributed by atoms with Crippen LogP contribution in [0.2, 0.25) is 0 Å². The molecule has 1 aromatic carbocycles. The summed E-state index contributed by atoms with van der Waals surface area (Å²) in [5.74, 6) is -1.48. The van der Waals surface area contributed by atoms with Crippen LogP contribution in [0.4, 0.5) is 13.2 Å². The summed E-state index contributed by atoms with van der Waals surface area (Å²) in [4.78, 5) is 6.69. The predicted octanol–water partition coefficient (Wildman–Crippen LogP) is 2.57. The first-order chi connectivity index (χ1) is 8.91. The second kappa shape index (κ2) is 4.87. The third-order valence-corrected chi connectivity index (χ3v) is 2.38. The van der Waals surface area contributed by atoms with E-state index < -0.39 is 12.1 Å². The van der Waals surface area contributed by atoms with Crippen molar-refractivity contribution >= 4 is 14.2 Å². The van der Waals surface area contributed by atoms with E-state index in [1.165, 1.54) is 6.21 Å². The number of alkyl halides is 3. The summed E-state index contributed by atoms with van der Waals surface area (Å²) in [6, 6.07) is 4.93. The number of aryl methyl sites for hydroxylation is 1. The van der Waals surface area contributed by atoms with Crippen molar-refractivity contribution in [2.24, 2.45) is 4.90 Å². The molecular weight excluding hydrogens is 258 g/mol. The van der Waals surface area contributed by atoms with E-state index in [2.05, 4.69) is 19.6 Å². The number of halogens is 3. The van der Waals surface area contributed by atoms with Crippen LogP contribution in [0.25, 0.3) is 11.4 Å². The molecule has 0 aliphatic rings. The minimum absolute atomic E-state index is 0.110. The molecule has 96 valence electrons. The molecule has 0 N–H and O–H groups in total. The molecule has 2 aromatic rings. The molecule has 0 bridgehead atoms. The Kier molecular flexibility index (Phi) is 3.41. The van der Waals surface area contributed by atoms with Gasteiger partial charge in [0.1, 0.15) is 0 Å². The second-order valence-corrected chi connectivity index (χ2v) is 3.77. The monoisotopic (exact) mass is 265 g/mol. The third kappa shape index (κ3) is 2.83. The number of hydrogen-bond donors (Lipinski definition) is 0. The average Bonchev–Trinajstić information content (AvgIpc) is 2.78. The minimum Gasteiger partial charge on any atom is -0.363 e. The van der Waals surface area contributed by atoms with Gasteiger partial charge in [-0.3, -0.25) is 0 Å². The number of aromatic nitrogens is 2. The minimum atomic E-state index is -4.65. The van der Waals surface area contributed by atoms with Gasteiger partial charge in [-0.2, -0.15) is 18.2 Å². The van der Waals surface area contributed by atoms with Crippen molar-refractivity contribution in [3.05, 3.63) is 35.2 Å². The molecule has 2 rings (SSSR count). The largest absolute Gasteiger partial charge is 0.471 e. The predicted molar refractivity (Wildman–Crippen MR) is 62.8 cm³/mol. The van der Waals surface area contributed by atoms with Gasteiger partial charge in [-0.05, 0) is 24.1 Å². The fourth-order valence-corrected chi connectivity index (χ4v) is 1.55. The van der Waals surface area contributed by atoms with Gasteiger partial charge in [0.25, 0.3) is 7.98 Å². The van der Waals surface area contributed by atoms with Crippen molar-refractivity contribution in [1.82, 2.24) is 10.1 Å². The van der Waals surface area contributed by atoms with E-state index in [-0.39, 0.29) is 5.82 Å². The fourth-order valence-electron chi connectivity index (χ4n) is 1.55. The summed E-state index contributed by atoms with van der Waals surface area (Å²) in [5, 5.41) is 3.32. The SMILES string of the molecule is [B]N=Cc1ccc(-c2noc(C(F)(F)F)n2)c(C)c1. The first kappa shape index (κ1) is 13.3. The summed E-state index contributed by atoms with van der Waals surface area (Å²) in [6.45, 7) is 1.72. The first-order valence-electron chi connectivity index (χ1n) is 5.17. The van der Waals surface area contributed by atoms with E-state index in [0.29, 0.717) is 11.1 Å². The van der Waals surface area contributed by atoms with Crippen molar-refractivity contribution < 1.29 is 17.7 Å². The highest BCUT2D eigenvalue weighted by Crippen LogP contribution is 2.30. The molecule has 0 saturated heterocycles. The van der Waals surface area contributed by atoms with E-state index >= 15 is 0 Å². The van der Waals surface area contributed by atoms with E-state index in [9.17, 15) is 13.2 Å². The van der Waals surface area contributed by atoms with Gasteiger partial charge in [-0.1, -0.05) is 17.3 Å². The van der Waals surface area contributed by atoms with Crippen LogP contribution in [0, 0.1) is 6.92 Å². The van der Waals surface area contributed by atoms with Crippen LogP contribution in [-0.4, -0.2) is 24.3 Å². The number of benzene rings is 1. The molecule has 0 atom stereocenters. The fraction of sp³-hybridized carbons (Fsp3) is 0.182. The lowest BCUT2D eigenvalue weighted by Gasteiger charge is -2.02. The summed E-state index contributed by atoms with van der Waals surface area (Å²) in [7, 11) is 5.02. The molecule has 0 unspecified atom stereocenters. The molecule has 0 fully saturated rings. The average molecular weight is 265 g/mol. The van der Waals surface area contributed by atoms with Crippen LogP contribution in [0.3, 0.4) is 0 Å². The maximum Gasteiger partial charge on any atom is 0.471 e. The zero-order chi connectivity index (χ0) is 14.0. The first-order valence-corrected chi connectivity index (χ1v) is 5.17. The van der Waals surface area contributed by atoms with Gasteiger partial charge in [0.05, 0.1) is 0 Å². The Bertz CT molecular complexity index is 622. The molecule has 0 saturated carbocycles. The highest BCUT2D eigenvalue weighted by atomic mass is 19.4. The van der Waals surface area contributed by atoms with Crippen LogP contribution < -0.4 is 0 Å². The zero-order valence-corrected chi connectivity index (χ0v) is 9.77. The van der Waals surface area contributed by atoms with Crippen LogP contribution in [-0.2, 0) is 6.18 Å². The standard InChI is InChI=1S/C11H7BF3N3O/c1-6-4-7(5-16-12)2-3-8(6)9-17-10(19-18-9)11(13,14)15/h2-5H,1H3. The second-order valence-electron chi connectivity index (χ2n) is 3.77. The molecule has 1 aromatic heterocycles. The lowest BCUT2D eigenvalue weighted by Crippen LogP contribution is -2.04. The molecule has 0 amide bonds. The molecular formula is C11H7BF3N3O. The Morgan fingerprint density at radius 1 is 1.37 bits per heavy atom. The maximum absolute atomic E-state index is 12.4. The Hall–Kier alpha value is -2.12. The number of rotatable bonds is 2. The van der Waals surface area contributed by atoms with Crippen molar-refractivity contribution in [3.63, 3.8) is 0 Å². The van der Waals surface area contributed by atoms with Crippen LogP contribution in [0.5, 0.6) is 0 Å². The smallest absolute Gasteiger partial charge is 0.363 e. The highest BCUT2D eigenvalue weighted by molar-refractivity contribution is 6.11. The Morgan fingerprint density at radius 3 is 2.63 bits per heavy atom. The van der Waals surface area contributed by atoms with Crippen LogP contribution in [0.1, 0.15) is 17.0 Å². The Labute approximate surface area is 107 Å². The summed E-state index contributed by atoms with van der Waals surface area (Å²) < 4.78 is 41.2. The Morgan fingerprint density at radius 2 is 2.11 bits per heavy atom. The van der Waals surface area contributed by atoms with E-state index in [0.717, 1.165) is 5.56 Å². The molecule has 0 spiro atoms. The number of hydrogen-bond acceptors (Lipinski definition) is 4. The van der Waals surface area contributed by atoms with Gasteiger partial charge in [-0.25, -0.2) is 0 Å². The van der Waals surface area contributed by atoms with Gasteiger partial charge < -0.3 is 9.43 Å². The molecule has 2 radical (unpaired) electrons. The lowest BCUT2D eigenvalue weighted by molar-refractivity contribution is -0.159. The third-order valence-electron chi connectivity index (χ3n) is 2.38. The van der Waals surface area contributed by atoms with E-state index in [1.807, 2.05) is 0 Å². The van der Waals surface area contributed by atoms with Crippen LogP contribution >= 0.6 is 0 Å². The van der Waals surface area contributed by atoms with Gasteiger partial charge >= 0.3 is 12.1 Å². The van der Waals surface area contributed by atoms with E-state index in [4.69, 9.17) is 7.98 Å². The molecule has 4 nitrogen and oxygen atoms in total. The van der Waals surface area contributed by atoms with Crippen LogP contribution in [0.15, 0.2) is 27.6 Å². The molecule has 19 heavy (non-hydrogen) atoms. The topological polar surface area (TPSA) is 51.3 Å². The highest BCUT2D eigenvalue weighted by Gasteiger charge is 2.38. The van der Waals surface area contributed by atoms with Crippen molar-refractivity contribution in [2.75, 3.05) is 0 Å². The summed E-state index contributed by atoms with van der Waals surface area (Å²) in [6.07, 6.45) is -3.22. The van der Waals surface area contributed by atoms with Gasteiger partial charge in [0.2, 0.25) is 5.82 Å². The Balaban J connectivity index is 2.40.